The van der Waals surface area contributed by atoms with Crippen LogP contribution >= 0.6 is 27.5 Å². The van der Waals surface area contributed by atoms with Crippen LogP contribution in [0.1, 0.15) is 17.2 Å². The number of hydrogen-bond donors (Lipinski definition) is 1. The quantitative estimate of drug-likeness (QED) is 0.769. The van der Waals surface area contributed by atoms with Crippen molar-refractivity contribution >= 4 is 27.5 Å². The van der Waals surface area contributed by atoms with E-state index in [1.165, 1.54) is 6.07 Å². The maximum atomic E-state index is 13.9. The molecule has 0 saturated carbocycles. The van der Waals surface area contributed by atoms with E-state index in [4.69, 9.17) is 11.6 Å². The molecule has 0 aliphatic heterocycles. The lowest BCUT2D eigenvalue weighted by Crippen LogP contribution is -2.20. The number of nitrogens with one attached hydrogen (secondary N) is 1. The Hall–Kier alpha value is -1.04. The third-order valence-electron chi connectivity index (χ3n) is 2.93. The number of benzene rings is 2. The molecule has 106 valence electrons. The summed E-state index contributed by atoms with van der Waals surface area (Å²) in [5, 5.41) is 3.26. The van der Waals surface area contributed by atoms with Crippen molar-refractivity contribution in [2.75, 3.05) is 7.05 Å². The van der Waals surface area contributed by atoms with Crippen LogP contribution in [0.2, 0.25) is 5.02 Å². The van der Waals surface area contributed by atoms with Gasteiger partial charge >= 0.3 is 0 Å². The van der Waals surface area contributed by atoms with Gasteiger partial charge in [-0.05, 0) is 36.9 Å². The monoisotopic (exact) mass is 363 g/mol. The maximum Gasteiger partial charge on any atom is 0.194 e. The summed E-state index contributed by atoms with van der Waals surface area (Å²) in [7, 11) is 1.59. The predicted molar refractivity (Wildman–Crippen MR) is 76.4 cm³/mol. The maximum absolute atomic E-state index is 13.9. The molecule has 0 aliphatic carbocycles. The highest BCUT2D eigenvalue weighted by Gasteiger charge is 2.22. The van der Waals surface area contributed by atoms with E-state index in [-0.39, 0.29) is 5.56 Å². The van der Waals surface area contributed by atoms with Crippen LogP contribution in [0.25, 0.3) is 0 Å². The smallest absolute Gasteiger partial charge is 0.194 e. The Kier molecular flexibility index (Phi) is 4.73. The minimum atomic E-state index is -1.49. The fourth-order valence-corrected chi connectivity index (χ4v) is 2.58. The zero-order chi connectivity index (χ0) is 14.9. The van der Waals surface area contributed by atoms with Crippen molar-refractivity contribution in [2.45, 2.75) is 6.04 Å². The van der Waals surface area contributed by atoms with E-state index in [0.717, 1.165) is 10.5 Å². The molecule has 0 heterocycles. The Morgan fingerprint density at radius 3 is 2.40 bits per heavy atom. The molecular weight excluding hydrogens is 355 g/mol. The Morgan fingerprint density at radius 2 is 1.75 bits per heavy atom. The van der Waals surface area contributed by atoms with Gasteiger partial charge < -0.3 is 5.32 Å². The van der Waals surface area contributed by atoms with Crippen molar-refractivity contribution in [3.8, 4) is 0 Å². The summed E-state index contributed by atoms with van der Waals surface area (Å²) in [4.78, 5) is 0. The van der Waals surface area contributed by atoms with Gasteiger partial charge in [-0.25, -0.2) is 13.2 Å². The average molecular weight is 365 g/mol. The first-order valence-electron chi connectivity index (χ1n) is 5.71. The van der Waals surface area contributed by atoms with Crippen LogP contribution in [-0.2, 0) is 0 Å². The number of rotatable bonds is 3. The molecule has 6 heteroatoms. The van der Waals surface area contributed by atoms with Crippen LogP contribution in [0.3, 0.4) is 0 Å². The van der Waals surface area contributed by atoms with E-state index in [1.54, 1.807) is 25.2 Å². The molecule has 0 saturated heterocycles. The molecular formula is C14H10BrClF3N. The fourth-order valence-electron chi connectivity index (χ4n) is 1.98. The van der Waals surface area contributed by atoms with Gasteiger partial charge in [0, 0.05) is 15.1 Å². The van der Waals surface area contributed by atoms with Crippen molar-refractivity contribution in [1.82, 2.24) is 5.32 Å². The van der Waals surface area contributed by atoms with Gasteiger partial charge in [0.1, 0.15) is 0 Å². The second-order valence-electron chi connectivity index (χ2n) is 4.15. The van der Waals surface area contributed by atoms with E-state index in [0.29, 0.717) is 10.6 Å². The highest BCUT2D eigenvalue weighted by atomic mass is 79.9. The summed E-state index contributed by atoms with van der Waals surface area (Å²) >= 11 is 9.39. The van der Waals surface area contributed by atoms with Crippen molar-refractivity contribution < 1.29 is 13.2 Å². The molecule has 1 unspecified atom stereocenters. The normalized spacial score (nSPS) is 12.5. The molecule has 0 aliphatic rings. The predicted octanol–water partition coefficient (Wildman–Crippen LogP) is 4.83. The summed E-state index contributed by atoms with van der Waals surface area (Å²) in [6.07, 6.45) is 0. The second-order valence-corrected chi connectivity index (χ2v) is 5.47. The third kappa shape index (κ3) is 2.85. The SMILES string of the molecule is CNC(c1cc(Br)ccc1Cl)c1ccc(F)c(F)c1F. The second kappa shape index (κ2) is 6.16. The fraction of sp³-hybridized carbons (Fsp3) is 0.143. The van der Waals surface area contributed by atoms with Crippen LogP contribution in [0, 0.1) is 17.5 Å². The molecule has 20 heavy (non-hydrogen) atoms. The Labute approximate surface area is 127 Å². The molecule has 0 bridgehead atoms. The highest BCUT2D eigenvalue weighted by molar-refractivity contribution is 9.10. The first kappa shape index (κ1) is 15.4. The van der Waals surface area contributed by atoms with E-state index in [2.05, 4.69) is 21.2 Å². The average Bonchev–Trinajstić information content (AvgIpc) is 2.43. The molecule has 1 atom stereocenters. The first-order valence-corrected chi connectivity index (χ1v) is 6.88. The summed E-state index contributed by atoms with van der Waals surface area (Å²) in [6.45, 7) is 0. The molecule has 0 spiro atoms. The van der Waals surface area contributed by atoms with E-state index in [1.807, 2.05) is 0 Å². The van der Waals surface area contributed by atoms with E-state index in [9.17, 15) is 13.2 Å². The largest absolute Gasteiger partial charge is 0.309 e. The Balaban J connectivity index is 2.58. The van der Waals surface area contributed by atoms with Gasteiger partial charge in [0.25, 0.3) is 0 Å². The van der Waals surface area contributed by atoms with Crippen LogP contribution in [0.4, 0.5) is 13.2 Å². The standard InChI is InChI=1S/C14H10BrClF3N/c1-20-14(9-6-7(15)2-4-10(9)16)8-3-5-11(17)13(19)12(8)18/h2-6,14,20H,1H3. The molecule has 2 aromatic carbocycles. The van der Waals surface area contributed by atoms with Gasteiger partial charge in [-0.1, -0.05) is 33.6 Å². The van der Waals surface area contributed by atoms with Gasteiger partial charge in [0.05, 0.1) is 6.04 Å². The summed E-state index contributed by atoms with van der Waals surface area (Å²) in [5.41, 5.74) is 0.555. The van der Waals surface area contributed by atoms with E-state index < -0.39 is 23.5 Å². The Morgan fingerprint density at radius 1 is 1.05 bits per heavy atom. The van der Waals surface area contributed by atoms with Crippen molar-refractivity contribution in [1.29, 1.82) is 0 Å². The molecule has 1 nitrogen and oxygen atoms in total. The third-order valence-corrected chi connectivity index (χ3v) is 3.77. The summed E-state index contributed by atoms with van der Waals surface area (Å²) in [5.74, 6) is -3.93. The molecule has 0 radical (unpaired) electrons. The van der Waals surface area contributed by atoms with Crippen LogP contribution in [-0.4, -0.2) is 7.05 Å². The minimum Gasteiger partial charge on any atom is -0.309 e. The van der Waals surface area contributed by atoms with Gasteiger partial charge in [0.15, 0.2) is 17.5 Å². The zero-order valence-corrected chi connectivity index (χ0v) is 12.7. The summed E-state index contributed by atoms with van der Waals surface area (Å²) in [6, 6.07) is 6.49. The summed E-state index contributed by atoms with van der Waals surface area (Å²) < 4.78 is 41.0. The Bertz CT molecular complexity index is 649. The van der Waals surface area contributed by atoms with Crippen molar-refractivity contribution in [2.24, 2.45) is 0 Å². The molecule has 0 fully saturated rings. The molecule has 0 aromatic heterocycles. The zero-order valence-electron chi connectivity index (χ0n) is 10.4. The highest BCUT2D eigenvalue weighted by Crippen LogP contribution is 2.32. The van der Waals surface area contributed by atoms with Crippen molar-refractivity contribution in [3.05, 3.63) is 68.4 Å². The topological polar surface area (TPSA) is 12.0 Å². The molecule has 1 N–H and O–H groups in total. The lowest BCUT2D eigenvalue weighted by Gasteiger charge is -2.19. The van der Waals surface area contributed by atoms with Gasteiger partial charge in [-0.3, -0.25) is 0 Å². The van der Waals surface area contributed by atoms with Gasteiger partial charge in [-0.2, -0.15) is 0 Å². The lowest BCUT2D eigenvalue weighted by atomic mass is 9.98. The lowest BCUT2D eigenvalue weighted by molar-refractivity contribution is 0.435. The van der Waals surface area contributed by atoms with Crippen LogP contribution in [0.15, 0.2) is 34.8 Å². The van der Waals surface area contributed by atoms with Crippen LogP contribution in [0.5, 0.6) is 0 Å². The van der Waals surface area contributed by atoms with Crippen LogP contribution < -0.4 is 5.32 Å². The molecule has 2 aromatic rings. The molecule has 2 rings (SSSR count). The number of halogens is 5. The van der Waals surface area contributed by atoms with Gasteiger partial charge in [0.2, 0.25) is 0 Å². The van der Waals surface area contributed by atoms with E-state index >= 15 is 0 Å². The van der Waals surface area contributed by atoms with Crippen molar-refractivity contribution in [3.63, 3.8) is 0 Å². The number of hydrogen-bond acceptors (Lipinski definition) is 1. The van der Waals surface area contributed by atoms with Gasteiger partial charge in [-0.15, -0.1) is 0 Å². The molecule has 0 amide bonds. The first-order chi connectivity index (χ1) is 9.45. The minimum absolute atomic E-state index is 0.00796.